The molecule has 0 amide bonds. The van der Waals surface area contributed by atoms with Crippen LogP contribution in [0.1, 0.15) is 22.9 Å². The number of carbonyl (C=O) groups excluding carboxylic acids is 1. The lowest BCUT2D eigenvalue weighted by molar-refractivity contribution is -0.717. The maximum absolute atomic E-state index is 13.2. The number of quaternary nitrogens is 1. The summed E-state index contributed by atoms with van der Waals surface area (Å²) in [5, 5.41) is 14.3. The number of carbonyl (C=O) groups is 1. The largest absolute Gasteiger partial charge is 0.544 e. The van der Waals surface area contributed by atoms with Crippen molar-refractivity contribution >= 4 is 16.9 Å². The molecule has 116 valence electrons. The van der Waals surface area contributed by atoms with Crippen LogP contribution in [-0.2, 0) is 11.2 Å². The second kappa shape index (κ2) is 5.21. The predicted molar refractivity (Wildman–Crippen MR) is 81.0 cm³/mol. The standard InChI is InChI=1S/C18H15FN2O2/c19-11-7-5-10(6-8-11)16-17-13(9-15(21-16)18(22)23)12-3-1-2-4-14(12)20-17/h1-8,15-16,20-21H,9H2,(H,22,23). The number of rotatable bonds is 2. The Balaban J connectivity index is 1.89. The van der Waals surface area contributed by atoms with Crippen molar-refractivity contribution in [2.75, 3.05) is 0 Å². The van der Waals surface area contributed by atoms with Gasteiger partial charge in [-0.05, 0) is 35.9 Å². The number of aliphatic carboxylic acids is 1. The van der Waals surface area contributed by atoms with Crippen LogP contribution in [0.25, 0.3) is 10.9 Å². The second-order valence-electron chi connectivity index (χ2n) is 5.91. The number of carboxylic acid groups (broad SMARTS) is 1. The van der Waals surface area contributed by atoms with E-state index in [0.29, 0.717) is 6.42 Å². The van der Waals surface area contributed by atoms with Crippen molar-refractivity contribution in [3.05, 3.63) is 71.2 Å². The SMILES string of the molecule is O=C([O-])C1Cc2c([nH]c3ccccc23)C(c2ccc(F)cc2)[NH2+]1. The van der Waals surface area contributed by atoms with E-state index in [-0.39, 0.29) is 11.9 Å². The lowest BCUT2D eigenvalue weighted by Gasteiger charge is -2.28. The second-order valence-corrected chi connectivity index (χ2v) is 5.91. The molecular formula is C18H15FN2O2. The molecule has 0 saturated heterocycles. The normalized spacial score (nSPS) is 20.4. The van der Waals surface area contributed by atoms with Crippen LogP contribution >= 0.6 is 0 Å². The highest BCUT2D eigenvalue weighted by Gasteiger charge is 2.34. The minimum absolute atomic E-state index is 0.213. The molecule has 2 unspecified atom stereocenters. The Morgan fingerprint density at radius 2 is 1.91 bits per heavy atom. The summed E-state index contributed by atoms with van der Waals surface area (Å²) >= 11 is 0. The monoisotopic (exact) mass is 310 g/mol. The van der Waals surface area contributed by atoms with E-state index in [2.05, 4.69) is 4.98 Å². The van der Waals surface area contributed by atoms with Crippen molar-refractivity contribution in [3.63, 3.8) is 0 Å². The third-order valence-corrected chi connectivity index (χ3v) is 4.54. The molecule has 2 heterocycles. The van der Waals surface area contributed by atoms with E-state index in [1.807, 2.05) is 24.3 Å². The van der Waals surface area contributed by atoms with Gasteiger partial charge in [-0.1, -0.05) is 18.2 Å². The fraction of sp³-hybridized carbons (Fsp3) is 0.167. The number of aromatic amines is 1. The number of para-hydroxylation sites is 1. The zero-order valence-corrected chi connectivity index (χ0v) is 12.3. The molecule has 23 heavy (non-hydrogen) atoms. The molecule has 0 saturated carbocycles. The fourth-order valence-electron chi connectivity index (χ4n) is 3.43. The molecule has 0 radical (unpaired) electrons. The number of hydrogen-bond acceptors (Lipinski definition) is 2. The lowest BCUT2D eigenvalue weighted by atomic mass is 9.90. The Kier molecular flexibility index (Phi) is 3.16. The molecule has 2 atom stereocenters. The minimum atomic E-state index is -1.08. The van der Waals surface area contributed by atoms with E-state index in [1.165, 1.54) is 12.1 Å². The smallest absolute Gasteiger partial charge is 0.153 e. The number of halogens is 1. The number of carboxylic acids is 1. The first kappa shape index (κ1) is 14.0. The number of nitrogens with one attached hydrogen (secondary N) is 1. The van der Waals surface area contributed by atoms with E-state index in [4.69, 9.17) is 0 Å². The summed E-state index contributed by atoms with van der Waals surface area (Å²) < 4.78 is 13.2. The van der Waals surface area contributed by atoms with Crippen molar-refractivity contribution in [2.24, 2.45) is 0 Å². The Morgan fingerprint density at radius 3 is 2.65 bits per heavy atom. The molecule has 0 fully saturated rings. The van der Waals surface area contributed by atoms with E-state index in [0.717, 1.165) is 27.7 Å². The van der Waals surface area contributed by atoms with Gasteiger partial charge in [0.2, 0.25) is 0 Å². The maximum Gasteiger partial charge on any atom is 0.153 e. The van der Waals surface area contributed by atoms with Crippen LogP contribution in [0.5, 0.6) is 0 Å². The highest BCUT2D eigenvalue weighted by molar-refractivity contribution is 5.86. The molecule has 3 N–H and O–H groups in total. The minimum Gasteiger partial charge on any atom is -0.544 e. The summed E-state index contributed by atoms with van der Waals surface area (Å²) in [7, 11) is 0. The van der Waals surface area contributed by atoms with Gasteiger partial charge in [-0.2, -0.15) is 0 Å². The average Bonchev–Trinajstić information content (AvgIpc) is 2.93. The Hall–Kier alpha value is -2.66. The quantitative estimate of drug-likeness (QED) is 0.729. The third-order valence-electron chi connectivity index (χ3n) is 4.54. The van der Waals surface area contributed by atoms with Gasteiger partial charge >= 0.3 is 0 Å². The van der Waals surface area contributed by atoms with Gasteiger partial charge in [0.1, 0.15) is 11.9 Å². The summed E-state index contributed by atoms with van der Waals surface area (Å²) in [4.78, 5) is 14.8. The molecule has 1 aliphatic rings. The van der Waals surface area contributed by atoms with Gasteiger partial charge in [-0.3, -0.25) is 0 Å². The first-order chi connectivity index (χ1) is 11.1. The van der Waals surface area contributed by atoms with Crippen molar-refractivity contribution in [2.45, 2.75) is 18.5 Å². The number of H-pyrrole nitrogens is 1. The zero-order valence-electron chi connectivity index (χ0n) is 12.3. The van der Waals surface area contributed by atoms with Crippen LogP contribution < -0.4 is 10.4 Å². The Bertz CT molecular complexity index is 886. The molecule has 1 aromatic heterocycles. The van der Waals surface area contributed by atoms with Crippen molar-refractivity contribution < 1.29 is 19.6 Å². The van der Waals surface area contributed by atoms with Gasteiger partial charge in [0, 0.05) is 22.9 Å². The highest BCUT2D eigenvalue weighted by Crippen LogP contribution is 2.31. The van der Waals surface area contributed by atoms with Crippen molar-refractivity contribution in [1.29, 1.82) is 0 Å². The molecule has 4 rings (SSSR count). The Labute approximate surface area is 132 Å². The number of benzene rings is 2. The van der Waals surface area contributed by atoms with Gasteiger partial charge in [-0.15, -0.1) is 0 Å². The van der Waals surface area contributed by atoms with E-state index < -0.39 is 12.0 Å². The van der Waals surface area contributed by atoms with Crippen LogP contribution in [-0.4, -0.2) is 17.0 Å². The number of hydrogen-bond donors (Lipinski definition) is 2. The highest BCUT2D eigenvalue weighted by atomic mass is 19.1. The van der Waals surface area contributed by atoms with Crippen LogP contribution in [0.4, 0.5) is 4.39 Å². The first-order valence-electron chi connectivity index (χ1n) is 7.54. The molecule has 4 nitrogen and oxygen atoms in total. The summed E-state index contributed by atoms with van der Waals surface area (Å²) in [5.41, 5.74) is 3.84. The predicted octanol–water partition coefficient (Wildman–Crippen LogP) is 0.634. The third kappa shape index (κ3) is 2.29. The molecule has 2 aromatic carbocycles. The van der Waals surface area contributed by atoms with Gasteiger partial charge in [0.25, 0.3) is 0 Å². The molecule has 1 aliphatic heterocycles. The van der Waals surface area contributed by atoms with E-state index in [9.17, 15) is 14.3 Å². The van der Waals surface area contributed by atoms with Gasteiger partial charge in [-0.25, -0.2) is 4.39 Å². The number of fused-ring (bicyclic) bond motifs is 3. The summed E-state index contributed by atoms with van der Waals surface area (Å²) in [6.07, 6.45) is 0.416. The first-order valence-corrected chi connectivity index (χ1v) is 7.54. The van der Waals surface area contributed by atoms with Crippen molar-refractivity contribution in [1.82, 2.24) is 4.98 Å². The van der Waals surface area contributed by atoms with Crippen LogP contribution in [0, 0.1) is 5.82 Å². The zero-order chi connectivity index (χ0) is 16.0. The van der Waals surface area contributed by atoms with E-state index >= 15 is 0 Å². The summed E-state index contributed by atoms with van der Waals surface area (Å²) in [5.74, 6) is -1.38. The van der Waals surface area contributed by atoms with Crippen molar-refractivity contribution in [3.8, 4) is 0 Å². The number of nitrogens with two attached hydrogens (primary N) is 1. The Morgan fingerprint density at radius 1 is 1.17 bits per heavy atom. The number of aromatic nitrogens is 1. The van der Waals surface area contributed by atoms with Crippen LogP contribution in [0.15, 0.2) is 48.5 Å². The summed E-state index contributed by atoms with van der Waals surface area (Å²) in [6, 6.07) is 13.2. The maximum atomic E-state index is 13.2. The van der Waals surface area contributed by atoms with Gasteiger partial charge in [0.05, 0.1) is 11.7 Å². The molecule has 3 aromatic rings. The molecule has 0 bridgehead atoms. The fourth-order valence-corrected chi connectivity index (χ4v) is 3.43. The molecule has 0 aliphatic carbocycles. The van der Waals surface area contributed by atoms with E-state index in [1.54, 1.807) is 17.4 Å². The van der Waals surface area contributed by atoms with Crippen LogP contribution in [0.2, 0.25) is 0 Å². The van der Waals surface area contributed by atoms with Gasteiger partial charge in [0.15, 0.2) is 6.04 Å². The molecule has 5 heteroatoms. The van der Waals surface area contributed by atoms with Crippen LogP contribution in [0.3, 0.4) is 0 Å². The average molecular weight is 310 g/mol. The van der Waals surface area contributed by atoms with Gasteiger partial charge < -0.3 is 20.2 Å². The molecule has 0 spiro atoms. The summed E-state index contributed by atoms with van der Waals surface area (Å²) in [6.45, 7) is 0. The topological polar surface area (TPSA) is 72.5 Å². The molecular weight excluding hydrogens is 295 g/mol. The lowest BCUT2D eigenvalue weighted by Crippen LogP contribution is -2.95.